The summed E-state index contributed by atoms with van der Waals surface area (Å²) in [6.45, 7) is 4.28. The van der Waals surface area contributed by atoms with E-state index >= 15 is 0 Å². The minimum Gasteiger partial charge on any atom is -0.338 e. The number of hydrogen-bond acceptors (Lipinski definition) is 1. The summed E-state index contributed by atoms with van der Waals surface area (Å²) in [6.07, 6.45) is 7.28. The highest BCUT2D eigenvalue weighted by atomic mass is 19.1. The molecule has 3 aliphatic heterocycles. The lowest BCUT2D eigenvalue weighted by molar-refractivity contribution is 0.159. The van der Waals surface area contributed by atoms with Crippen molar-refractivity contribution in [2.24, 2.45) is 0 Å². The number of fused-ring (bicyclic) bond motifs is 5. The number of hydrogen-bond donors (Lipinski definition) is 0. The average molecular weight is 372 g/mol. The summed E-state index contributed by atoms with van der Waals surface area (Å²) in [5, 5.41) is 1.45. The number of rotatable bonds is 1. The van der Waals surface area contributed by atoms with Crippen molar-refractivity contribution < 1.29 is 4.39 Å². The Kier molecular flexibility index (Phi) is 3.58. The highest BCUT2D eigenvalue weighted by molar-refractivity contribution is 5.88. The summed E-state index contributed by atoms with van der Waals surface area (Å²) in [7, 11) is 0. The standard InChI is InChI=1S/C25H25FN2/c1-16-4-10-23-21(13-16)22-14-20-3-2-12-27(20)24-11-7-18(15-28(23)25(22)24)17-5-8-19(26)9-6-17/h4-10,13,20,24H,2-3,11-12,14-15H2,1H3. The van der Waals surface area contributed by atoms with Crippen LogP contribution in [-0.2, 0) is 13.0 Å². The molecule has 3 aromatic rings. The summed E-state index contributed by atoms with van der Waals surface area (Å²) in [4.78, 5) is 2.76. The van der Waals surface area contributed by atoms with Crippen molar-refractivity contribution in [3.8, 4) is 0 Å². The maximum Gasteiger partial charge on any atom is 0.123 e. The molecule has 0 spiro atoms. The first-order valence-electron chi connectivity index (χ1n) is 10.5. The summed E-state index contributed by atoms with van der Waals surface area (Å²) in [5.74, 6) is -0.168. The Labute approximate surface area is 165 Å². The molecule has 3 aliphatic rings. The summed E-state index contributed by atoms with van der Waals surface area (Å²) in [6, 6.07) is 15.1. The molecule has 3 heteroatoms. The zero-order chi connectivity index (χ0) is 18.8. The molecule has 0 aliphatic carbocycles. The molecule has 2 nitrogen and oxygen atoms in total. The molecule has 142 valence electrons. The summed E-state index contributed by atoms with van der Waals surface area (Å²) >= 11 is 0. The van der Waals surface area contributed by atoms with Crippen LogP contribution in [0.25, 0.3) is 16.5 Å². The predicted molar refractivity (Wildman–Crippen MR) is 112 cm³/mol. The first-order valence-corrected chi connectivity index (χ1v) is 10.5. The molecule has 6 rings (SSSR count). The van der Waals surface area contributed by atoms with Gasteiger partial charge in [0.2, 0.25) is 0 Å². The van der Waals surface area contributed by atoms with Crippen molar-refractivity contribution in [3.63, 3.8) is 0 Å². The van der Waals surface area contributed by atoms with Crippen molar-refractivity contribution in [1.82, 2.24) is 9.47 Å². The fourth-order valence-corrected chi connectivity index (χ4v) is 5.81. The molecule has 2 atom stereocenters. The van der Waals surface area contributed by atoms with Crippen LogP contribution in [0, 0.1) is 12.7 Å². The number of halogens is 1. The van der Waals surface area contributed by atoms with Crippen LogP contribution in [-0.4, -0.2) is 22.1 Å². The second kappa shape index (κ2) is 6.05. The zero-order valence-corrected chi connectivity index (χ0v) is 16.3. The highest BCUT2D eigenvalue weighted by Gasteiger charge is 2.40. The minimum atomic E-state index is -0.168. The van der Waals surface area contributed by atoms with Gasteiger partial charge < -0.3 is 4.57 Å². The monoisotopic (exact) mass is 372 g/mol. The molecule has 0 bridgehead atoms. The predicted octanol–water partition coefficient (Wildman–Crippen LogP) is 5.64. The third kappa shape index (κ3) is 2.35. The molecule has 4 heterocycles. The van der Waals surface area contributed by atoms with E-state index < -0.39 is 0 Å². The first kappa shape index (κ1) is 16.6. The molecule has 2 aromatic carbocycles. The third-order valence-electron chi connectivity index (χ3n) is 7.08. The van der Waals surface area contributed by atoms with Crippen LogP contribution in [0.15, 0.2) is 48.5 Å². The topological polar surface area (TPSA) is 8.17 Å². The quantitative estimate of drug-likeness (QED) is 0.537. The van der Waals surface area contributed by atoms with Crippen LogP contribution in [0.2, 0.25) is 0 Å². The Balaban J connectivity index is 1.57. The van der Waals surface area contributed by atoms with Gasteiger partial charge in [0.1, 0.15) is 5.82 Å². The molecule has 1 fully saturated rings. The number of benzene rings is 2. The molecule has 1 saturated heterocycles. The molecule has 28 heavy (non-hydrogen) atoms. The summed E-state index contributed by atoms with van der Waals surface area (Å²) < 4.78 is 16.0. The molecule has 1 aromatic heterocycles. The zero-order valence-electron chi connectivity index (χ0n) is 16.3. The lowest BCUT2D eigenvalue weighted by Gasteiger charge is -2.38. The van der Waals surface area contributed by atoms with Gasteiger partial charge >= 0.3 is 0 Å². The minimum absolute atomic E-state index is 0.168. The van der Waals surface area contributed by atoms with E-state index in [0.29, 0.717) is 12.1 Å². The average Bonchev–Trinajstić information content (AvgIpc) is 3.22. The Morgan fingerprint density at radius 3 is 2.79 bits per heavy atom. The van der Waals surface area contributed by atoms with Crippen LogP contribution in [0.3, 0.4) is 0 Å². The SMILES string of the molecule is Cc1ccc2c(c1)c1c3n2CC(c2ccc(F)cc2)=CCC3N2CCCC2C1. The highest BCUT2D eigenvalue weighted by Crippen LogP contribution is 2.46. The van der Waals surface area contributed by atoms with Gasteiger partial charge in [-0.3, -0.25) is 4.90 Å². The number of nitrogens with zero attached hydrogens (tertiary/aromatic N) is 2. The van der Waals surface area contributed by atoms with E-state index in [4.69, 9.17) is 0 Å². The van der Waals surface area contributed by atoms with Crippen LogP contribution < -0.4 is 0 Å². The van der Waals surface area contributed by atoms with Gasteiger partial charge in [0.25, 0.3) is 0 Å². The van der Waals surface area contributed by atoms with E-state index in [-0.39, 0.29) is 5.82 Å². The fourth-order valence-electron chi connectivity index (χ4n) is 5.81. The lowest BCUT2D eigenvalue weighted by atomic mass is 9.90. The lowest BCUT2D eigenvalue weighted by Crippen LogP contribution is -2.39. The van der Waals surface area contributed by atoms with Crippen LogP contribution in [0.5, 0.6) is 0 Å². The van der Waals surface area contributed by atoms with Crippen LogP contribution in [0.1, 0.15) is 47.7 Å². The molecule has 0 amide bonds. The number of allylic oxidation sites excluding steroid dienone is 1. The van der Waals surface area contributed by atoms with Gasteiger partial charge in [-0.2, -0.15) is 0 Å². The Morgan fingerprint density at radius 1 is 1.07 bits per heavy atom. The molecule has 0 radical (unpaired) electrons. The van der Waals surface area contributed by atoms with Gasteiger partial charge in [-0.25, -0.2) is 4.39 Å². The second-order valence-electron chi connectivity index (χ2n) is 8.70. The molecule has 0 N–H and O–H groups in total. The molecule has 2 unspecified atom stereocenters. The van der Waals surface area contributed by atoms with Crippen molar-refractivity contribution in [2.75, 3.05) is 6.54 Å². The van der Waals surface area contributed by atoms with Gasteiger partial charge in [-0.15, -0.1) is 0 Å². The number of aromatic nitrogens is 1. The maximum absolute atomic E-state index is 13.5. The fraction of sp³-hybridized carbons (Fsp3) is 0.360. The van der Waals surface area contributed by atoms with E-state index in [1.165, 1.54) is 53.5 Å². The van der Waals surface area contributed by atoms with Gasteiger partial charge in [0, 0.05) is 29.2 Å². The van der Waals surface area contributed by atoms with Gasteiger partial charge in [0.05, 0.1) is 6.04 Å². The van der Waals surface area contributed by atoms with Crippen molar-refractivity contribution in [2.45, 2.75) is 51.2 Å². The maximum atomic E-state index is 13.5. The van der Waals surface area contributed by atoms with Gasteiger partial charge in [0.15, 0.2) is 0 Å². The van der Waals surface area contributed by atoms with Crippen molar-refractivity contribution in [3.05, 3.63) is 76.7 Å². The molecular formula is C25H25FN2. The van der Waals surface area contributed by atoms with E-state index in [0.717, 1.165) is 18.5 Å². The van der Waals surface area contributed by atoms with E-state index in [1.54, 1.807) is 17.7 Å². The van der Waals surface area contributed by atoms with E-state index in [9.17, 15) is 4.39 Å². The Hall–Kier alpha value is -2.39. The Morgan fingerprint density at radius 2 is 1.93 bits per heavy atom. The normalized spacial score (nSPS) is 24.0. The smallest absolute Gasteiger partial charge is 0.123 e. The largest absolute Gasteiger partial charge is 0.338 e. The molecule has 0 saturated carbocycles. The third-order valence-corrected chi connectivity index (χ3v) is 7.08. The van der Waals surface area contributed by atoms with Crippen molar-refractivity contribution in [1.29, 1.82) is 0 Å². The van der Waals surface area contributed by atoms with E-state index in [2.05, 4.69) is 40.7 Å². The molecular weight excluding hydrogens is 347 g/mol. The van der Waals surface area contributed by atoms with Crippen LogP contribution >= 0.6 is 0 Å². The Bertz CT molecular complexity index is 1110. The van der Waals surface area contributed by atoms with Gasteiger partial charge in [-0.05, 0) is 80.1 Å². The van der Waals surface area contributed by atoms with Gasteiger partial charge in [-0.1, -0.05) is 29.8 Å². The first-order chi connectivity index (χ1) is 13.7. The van der Waals surface area contributed by atoms with Crippen LogP contribution in [0.4, 0.5) is 4.39 Å². The second-order valence-corrected chi connectivity index (χ2v) is 8.70. The van der Waals surface area contributed by atoms with E-state index in [1.807, 2.05) is 12.1 Å². The van der Waals surface area contributed by atoms with Crippen molar-refractivity contribution >= 4 is 16.5 Å². The number of aryl methyl sites for hydroxylation is 1. The summed E-state index contributed by atoms with van der Waals surface area (Å²) in [5.41, 5.74) is 8.26.